The van der Waals surface area contributed by atoms with Gasteiger partial charge in [0.05, 0.1) is 11.1 Å². The minimum Gasteiger partial charge on any atom is -0.487 e. The molecule has 190 valence electrons. The number of carbonyl (C=O) groups is 1. The highest BCUT2D eigenvalue weighted by Gasteiger charge is 2.39. The van der Waals surface area contributed by atoms with Crippen molar-refractivity contribution < 1.29 is 17.9 Å². The summed E-state index contributed by atoms with van der Waals surface area (Å²) in [5.74, 6) is 0.381. The number of rotatable bonds is 7. The number of hydrogen-bond donors (Lipinski definition) is 2. The summed E-state index contributed by atoms with van der Waals surface area (Å²) >= 11 is 6.27. The van der Waals surface area contributed by atoms with Crippen LogP contribution in [-0.2, 0) is 10.0 Å². The van der Waals surface area contributed by atoms with Crippen LogP contribution in [0.25, 0.3) is 0 Å². The number of para-hydroxylation sites is 1. The predicted octanol–water partition coefficient (Wildman–Crippen LogP) is 6.57. The molecule has 1 aliphatic heterocycles. The first kappa shape index (κ1) is 26.0. The van der Waals surface area contributed by atoms with Crippen molar-refractivity contribution in [2.24, 2.45) is 0 Å². The van der Waals surface area contributed by atoms with Crippen LogP contribution in [0.3, 0.4) is 0 Å². The molecule has 36 heavy (non-hydrogen) atoms. The molecule has 4 rings (SSSR count). The number of amides is 1. The summed E-state index contributed by atoms with van der Waals surface area (Å²) in [6.45, 7) is 8.02. The van der Waals surface area contributed by atoms with Crippen molar-refractivity contribution >= 4 is 33.2 Å². The minimum atomic E-state index is -4.02. The van der Waals surface area contributed by atoms with E-state index in [1.54, 1.807) is 12.1 Å². The summed E-state index contributed by atoms with van der Waals surface area (Å²) in [6, 6.07) is 17.0. The summed E-state index contributed by atoms with van der Waals surface area (Å²) in [6.07, 6.45) is 2.23. The van der Waals surface area contributed by atoms with Crippen molar-refractivity contribution in [3.8, 4) is 5.75 Å². The van der Waals surface area contributed by atoms with Crippen molar-refractivity contribution in [2.75, 3.05) is 4.72 Å². The van der Waals surface area contributed by atoms with Crippen LogP contribution in [0, 0.1) is 13.8 Å². The fourth-order valence-corrected chi connectivity index (χ4v) is 6.11. The zero-order valence-electron chi connectivity index (χ0n) is 20.9. The average molecular weight is 527 g/mol. The van der Waals surface area contributed by atoms with Crippen molar-refractivity contribution in [3.63, 3.8) is 0 Å². The van der Waals surface area contributed by atoms with Gasteiger partial charge in [-0.3, -0.25) is 9.52 Å². The lowest BCUT2D eigenvalue weighted by molar-refractivity contribution is 0.0227. The largest absolute Gasteiger partial charge is 0.487 e. The van der Waals surface area contributed by atoms with Gasteiger partial charge >= 0.3 is 0 Å². The molecule has 1 heterocycles. The number of aryl methyl sites for hydroxylation is 2. The van der Waals surface area contributed by atoms with Crippen LogP contribution in [0.4, 0.5) is 5.69 Å². The van der Waals surface area contributed by atoms with E-state index in [0.29, 0.717) is 12.1 Å². The van der Waals surface area contributed by atoms with Crippen LogP contribution in [0.5, 0.6) is 5.75 Å². The fourth-order valence-electron chi connectivity index (χ4n) is 4.54. The van der Waals surface area contributed by atoms with E-state index >= 15 is 0 Å². The van der Waals surface area contributed by atoms with Crippen molar-refractivity contribution in [3.05, 3.63) is 87.9 Å². The molecule has 0 saturated heterocycles. The Morgan fingerprint density at radius 1 is 1.03 bits per heavy atom. The summed E-state index contributed by atoms with van der Waals surface area (Å²) in [4.78, 5) is 13.2. The third kappa shape index (κ3) is 5.22. The van der Waals surface area contributed by atoms with E-state index in [4.69, 9.17) is 16.3 Å². The Kier molecular flexibility index (Phi) is 7.34. The van der Waals surface area contributed by atoms with E-state index in [-0.39, 0.29) is 33.0 Å². The predicted molar refractivity (Wildman–Crippen MR) is 143 cm³/mol. The number of nitrogens with one attached hydrogen (secondary N) is 2. The van der Waals surface area contributed by atoms with Gasteiger partial charge in [0.25, 0.3) is 15.9 Å². The minimum absolute atomic E-state index is 0.0373. The molecule has 0 radical (unpaired) electrons. The molecule has 6 nitrogen and oxygen atoms in total. The Balaban J connectivity index is 1.61. The molecule has 0 fully saturated rings. The van der Waals surface area contributed by atoms with Crippen LogP contribution in [0.1, 0.15) is 66.2 Å². The molecule has 0 saturated carbocycles. The molecule has 0 aromatic heterocycles. The van der Waals surface area contributed by atoms with Crippen molar-refractivity contribution in [1.82, 2.24) is 5.32 Å². The molecule has 0 unspecified atom stereocenters. The Bertz CT molecular complexity index is 1400. The van der Waals surface area contributed by atoms with Gasteiger partial charge in [0.15, 0.2) is 0 Å². The number of sulfonamides is 1. The van der Waals surface area contributed by atoms with Gasteiger partial charge in [0, 0.05) is 23.2 Å². The number of anilines is 1. The van der Waals surface area contributed by atoms with Gasteiger partial charge in [0.1, 0.15) is 16.2 Å². The lowest BCUT2D eigenvalue weighted by Crippen LogP contribution is -2.44. The first-order chi connectivity index (χ1) is 17.1. The summed E-state index contributed by atoms with van der Waals surface area (Å²) in [5.41, 5.74) is 3.18. The van der Waals surface area contributed by atoms with Gasteiger partial charge in [-0.15, -0.1) is 0 Å². The van der Waals surface area contributed by atoms with Crippen molar-refractivity contribution in [1.29, 1.82) is 0 Å². The van der Waals surface area contributed by atoms with E-state index in [1.165, 1.54) is 18.2 Å². The fraction of sp³-hybridized carbons (Fsp3) is 0.321. The Morgan fingerprint density at radius 3 is 2.44 bits per heavy atom. The van der Waals surface area contributed by atoms with Gasteiger partial charge in [-0.05, 0) is 74.2 Å². The second kappa shape index (κ2) is 10.1. The van der Waals surface area contributed by atoms with Crippen molar-refractivity contribution in [2.45, 2.75) is 63.5 Å². The van der Waals surface area contributed by atoms with Gasteiger partial charge in [-0.2, -0.15) is 0 Å². The second-order valence-electron chi connectivity index (χ2n) is 9.31. The number of benzene rings is 3. The molecule has 0 spiro atoms. The number of ether oxygens (including phenoxy) is 1. The molecule has 0 bridgehead atoms. The van der Waals surface area contributed by atoms with Crippen LogP contribution in [0.2, 0.25) is 5.02 Å². The normalized spacial score (nSPS) is 16.5. The van der Waals surface area contributed by atoms with Crippen LogP contribution >= 0.6 is 11.6 Å². The molecule has 1 amide bonds. The summed E-state index contributed by atoms with van der Waals surface area (Å²) in [5, 5.41) is 3.14. The second-order valence-corrected chi connectivity index (χ2v) is 11.4. The number of carbonyl (C=O) groups excluding carboxylic acids is 1. The van der Waals surface area contributed by atoms with E-state index in [2.05, 4.69) is 23.9 Å². The first-order valence-electron chi connectivity index (χ1n) is 12.1. The zero-order valence-corrected chi connectivity index (χ0v) is 22.5. The Labute approximate surface area is 218 Å². The zero-order chi connectivity index (χ0) is 26.1. The van der Waals surface area contributed by atoms with Crippen LogP contribution in [-0.4, -0.2) is 19.9 Å². The van der Waals surface area contributed by atoms with E-state index in [0.717, 1.165) is 35.3 Å². The summed E-state index contributed by atoms with van der Waals surface area (Å²) < 4.78 is 35.2. The highest BCUT2D eigenvalue weighted by molar-refractivity contribution is 7.92. The third-order valence-corrected chi connectivity index (χ3v) is 8.90. The lowest BCUT2D eigenvalue weighted by Gasteiger charge is -2.41. The molecule has 8 heteroatoms. The molecule has 2 N–H and O–H groups in total. The number of fused-ring (bicyclic) bond motifs is 1. The molecule has 1 aliphatic rings. The molecular formula is C28H31ClN2O4S. The van der Waals surface area contributed by atoms with E-state index < -0.39 is 10.0 Å². The average Bonchev–Trinajstić information content (AvgIpc) is 2.86. The van der Waals surface area contributed by atoms with Gasteiger partial charge in [-0.25, -0.2) is 8.42 Å². The Morgan fingerprint density at radius 2 is 1.75 bits per heavy atom. The quantitative estimate of drug-likeness (QED) is 0.364. The smallest absolute Gasteiger partial charge is 0.263 e. The SMILES string of the molecule is CCC1(CC)C[C@H](NC(=O)c2ccc(Cl)c(S(=O)(=O)Nc3ccc(C)c(C)c3)c2)c2ccccc2O1. The molecule has 3 aromatic rings. The molecular weight excluding hydrogens is 496 g/mol. The number of hydrogen-bond acceptors (Lipinski definition) is 4. The third-order valence-electron chi connectivity index (χ3n) is 7.03. The standard InChI is InChI=1S/C28H31ClN2O4S/c1-5-28(6-2)17-24(22-9-7-8-10-25(22)35-28)30-27(32)20-12-14-23(29)26(16-20)36(33,34)31-21-13-11-18(3)19(4)15-21/h7-16,24,31H,5-6,17H2,1-4H3,(H,30,32)/t24-/m0/s1. The van der Waals surface area contributed by atoms with E-state index in [1.807, 2.05) is 44.2 Å². The highest BCUT2D eigenvalue weighted by atomic mass is 35.5. The Hall–Kier alpha value is -3.03. The maximum atomic E-state index is 13.3. The summed E-state index contributed by atoms with van der Waals surface area (Å²) in [7, 11) is -4.02. The maximum Gasteiger partial charge on any atom is 0.263 e. The van der Waals surface area contributed by atoms with E-state index in [9.17, 15) is 13.2 Å². The topological polar surface area (TPSA) is 84.5 Å². The monoisotopic (exact) mass is 526 g/mol. The molecule has 3 aromatic carbocycles. The molecule has 0 aliphatic carbocycles. The van der Waals surface area contributed by atoms with Crippen LogP contribution < -0.4 is 14.8 Å². The maximum absolute atomic E-state index is 13.3. The lowest BCUT2D eigenvalue weighted by atomic mass is 9.83. The van der Waals surface area contributed by atoms with Gasteiger partial charge < -0.3 is 10.1 Å². The highest BCUT2D eigenvalue weighted by Crippen LogP contribution is 2.42. The number of halogens is 1. The first-order valence-corrected chi connectivity index (χ1v) is 13.9. The van der Waals surface area contributed by atoms with Gasteiger partial charge in [0.2, 0.25) is 0 Å². The van der Waals surface area contributed by atoms with Crippen LogP contribution in [0.15, 0.2) is 65.6 Å². The molecule has 1 atom stereocenters. The van der Waals surface area contributed by atoms with Gasteiger partial charge in [-0.1, -0.05) is 49.7 Å².